The van der Waals surface area contributed by atoms with Crippen LogP contribution in [0.2, 0.25) is 5.02 Å². The second-order valence-corrected chi connectivity index (χ2v) is 6.15. The summed E-state index contributed by atoms with van der Waals surface area (Å²) in [5.74, 6) is 0.833. The lowest BCUT2D eigenvalue weighted by Gasteiger charge is -2.09. The number of nitrogens with zero attached hydrogens (tertiary/aromatic N) is 1. The van der Waals surface area contributed by atoms with Gasteiger partial charge >= 0.3 is 0 Å². The fourth-order valence-electron chi connectivity index (χ4n) is 1.99. The lowest BCUT2D eigenvalue weighted by Crippen LogP contribution is -2.19. The minimum absolute atomic E-state index is 0.216. The normalized spacial score (nSPS) is 10.7. The first kappa shape index (κ1) is 18.3. The number of methoxy groups -OCH3 is 2. The fourth-order valence-corrected chi connectivity index (χ4v) is 2.50. The zero-order valence-corrected chi connectivity index (χ0v) is 15.5. The molecule has 0 heterocycles. The van der Waals surface area contributed by atoms with Crippen LogP contribution in [0, 0.1) is 0 Å². The number of hydrazone groups is 1. The molecular weight excluding hydrogens is 396 g/mol. The number of nitrogens with one attached hydrogen (secondary N) is 1. The van der Waals surface area contributed by atoms with E-state index < -0.39 is 0 Å². The van der Waals surface area contributed by atoms with Gasteiger partial charge in [-0.05, 0) is 23.8 Å². The summed E-state index contributed by atoms with van der Waals surface area (Å²) in [4.78, 5) is 11.9. The van der Waals surface area contributed by atoms with Crippen molar-refractivity contribution < 1.29 is 14.3 Å². The van der Waals surface area contributed by atoms with Crippen LogP contribution in [-0.2, 0) is 11.2 Å². The third-order valence-electron chi connectivity index (χ3n) is 3.17. The fraction of sp³-hybridized carbons (Fsp3) is 0.176. The Kier molecular flexibility index (Phi) is 6.63. The van der Waals surface area contributed by atoms with Crippen molar-refractivity contribution in [3.05, 3.63) is 57.0 Å². The summed E-state index contributed by atoms with van der Waals surface area (Å²) in [6.07, 6.45) is 1.72. The van der Waals surface area contributed by atoms with E-state index in [4.69, 9.17) is 21.1 Å². The monoisotopic (exact) mass is 410 g/mol. The van der Waals surface area contributed by atoms with Gasteiger partial charge in [0.2, 0.25) is 5.91 Å². The maximum atomic E-state index is 11.9. The summed E-state index contributed by atoms with van der Waals surface area (Å²) in [5.41, 5.74) is 4.01. The van der Waals surface area contributed by atoms with E-state index in [0.717, 1.165) is 10.0 Å². The standard InChI is InChI=1S/C17H16BrClN2O3/c1-23-15-9-16(24-2)14(19)8-12(15)10-20-21-17(22)7-11-3-5-13(18)6-4-11/h3-6,8-10H,7H2,1-2H3,(H,21,22)/b20-10+. The van der Waals surface area contributed by atoms with Gasteiger partial charge < -0.3 is 9.47 Å². The average Bonchev–Trinajstić information content (AvgIpc) is 2.57. The van der Waals surface area contributed by atoms with Gasteiger partial charge in [-0.3, -0.25) is 4.79 Å². The first-order valence-corrected chi connectivity index (χ1v) is 8.18. The van der Waals surface area contributed by atoms with Crippen LogP contribution in [0.15, 0.2) is 46.0 Å². The largest absolute Gasteiger partial charge is 0.496 e. The van der Waals surface area contributed by atoms with E-state index in [1.54, 1.807) is 12.1 Å². The summed E-state index contributed by atoms with van der Waals surface area (Å²) in [7, 11) is 3.06. The molecule has 0 bridgehead atoms. The zero-order valence-electron chi connectivity index (χ0n) is 13.2. The Hall–Kier alpha value is -2.05. The summed E-state index contributed by atoms with van der Waals surface area (Å²) in [5, 5.41) is 4.38. The first-order chi connectivity index (χ1) is 11.5. The van der Waals surface area contributed by atoms with E-state index in [9.17, 15) is 4.79 Å². The smallest absolute Gasteiger partial charge is 0.244 e. The van der Waals surface area contributed by atoms with Crippen LogP contribution >= 0.6 is 27.5 Å². The predicted molar refractivity (Wildman–Crippen MR) is 98.1 cm³/mol. The number of rotatable bonds is 6. The lowest BCUT2D eigenvalue weighted by atomic mass is 10.1. The highest BCUT2D eigenvalue weighted by atomic mass is 79.9. The van der Waals surface area contributed by atoms with Gasteiger partial charge in [0.15, 0.2) is 0 Å². The number of hydrogen-bond donors (Lipinski definition) is 1. The van der Waals surface area contributed by atoms with Crippen LogP contribution in [0.1, 0.15) is 11.1 Å². The van der Waals surface area contributed by atoms with Crippen molar-refractivity contribution in [2.24, 2.45) is 5.10 Å². The molecule has 0 radical (unpaired) electrons. The number of benzene rings is 2. The molecular formula is C17H16BrClN2O3. The second kappa shape index (κ2) is 8.70. The summed E-state index contributed by atoms with van der Waals surface area (Å²) in [6, 6.07) is 10.8. The highest BCUT2D eigenvalue weighted by molar-refractivity contribution is 9.10. The van der Waals surface area contributed by atoms with Gasteiger partial charge in [-0.1, -0.05) is 39.7 Å². The molecule has 2 aromatic rings. The van der Waals surface area contributed by atoms with Crippen LogP contribution < -0.4 is 14.9 Å². The Morgan fingerprint density at radius 3 is 2.50 bits per heavy atom. The molecule has 0 aliphatic carbocycles. The van der Waals surface area contributed by atoms with E-state index >= 15 is 0 Å². The van der Waals surface area contributed by atoms with E-state index in [2.05, 4.69) is 26.5 Å². The molecule has 7 heteroatoms. The summed E-state index contributed by atoms with van der Waals surface area (Å²) < 4.78 is 11.4. The Morgan fingerprint density at radius 2 is 1.88 bits per heavy atom. The average molecular weight is 412 g/mol. The number of halogens is 2. The number of carbonyl (C=O) groups excluding carboxylic acids is 1. The number of amides is 1. The van der Waals surface area contributed by atoms with Gasteiger partial charge in [0.25, 0.3) is 0 Å². The molecule has 126 valence electrons. The first-order valence-electron chi connectivity index (χ1n) is 7.01. The molecule has 24 heavy (non-hydrogen) atoms. The highest BCUT2D eigenvalue weighted by Gasteiger charge is 2.08. The molecule has 1 amide bonds. The molecule has 0 unspecified atom stereocenters. The molecule has 1 N–H and O–H groups in total. The van der Waals surface area contributed by atoms with E-state index in [0.29, 0.717) is 22.1 Å². The van der Waals surface area contributed by atoms with Gasteiger partial charge in [-0.25, -0.2) is 5.43 Å². The van der Waals surface area contributed by atoms with Crippen LogP contribution in [-0.4, -0.2) is 26.3 Å². The van der Waals surface area contributed by atoms with Crippen molar-refractivity contribution in [2.45, 2.75) is 6.42 Å². The SMILES string of the molecule is COc1cc(OC)c(/C=N/NC(=O)Cc2ccc(Br)cc2)cc1Cl. The summed E-state index contributed by atoms with van der Waals surface area (Å²) in [6.45, 7) is 0. The maximum absolute atomic E-state index is 11.9. The topological polar surface area (TPSA) is 59.9 Å². The molecule has 0 aliphatic heterocycles. The van der Waals surface area contributed by atoms with Crippen molar-refractivity contribution in [1.82, 2.24) is 5.43 Å². The molecule has 0 spiro atoms. The van der Waals surface area contributed by atoms with E-state index in [-0.39, 0.29) is 12.3 Å². The van der Waals surface area contributed by atoms with Crippen molar-refractivity contribution in [3.8, 4) is 11.5 Å². The third-order valence-corrected chi connectivity index (χ3v) is 4.00. The second-order valence-electron chi connectivity index (χ2n) is 4.83. The van der Waals surface area contributed by atoms with Gasteiger partial charge in [0.05, 0.1) is 31.9 Å². The Balaban J connectivity index is 2.01. The Bertz CT molecular complexity index is 748. The van der Waals surface area contributed by atoms with Gasteiger partial charge in [0, 0.05) is 16.1 Å². The molecule has 0 fully saturated rings. The highest BCUT2D eigenvalue weighted by Crippen LogP contribution is 2.31. The van der Waals surface area contributed by atoms with Crippen LogP contribution in [0.5, 0.6) is 11.5 Å². The molecule has 0 aromatic heterocycles. The van der Waals surface area contributed by atoms with Crippen molar-refractivity contribution in [2.75, 3.05) is 14.2 Å². The Labute approximate surface area is 153 Å². The van der Waals surface area contributed by atoms with Crippen LogP contribution in [0.4, 0.5) is 0 Å². The minimum Gasteiger partial charge on any atom is -0.496 e. The van der Waals surface area contributed by atoms with Crippen LogP contribution in [0.25, 0.3) is 0 Å². The molecule has 0 atom stereocenters. The van der Waals surface area contributed by atoms with Crippen molar-refractivity contribution in [3.63, 3.8) is 0 Å². The van der Waals surface area contributed by atoms with E-state index in [1.807, 2.05) is 24.3 Å². The quantitative estimate of drug-likeness (QED) is 0.581. The van der Waals surface area contributed by atoms with Gasteiger partial charge in [-0.15, -0.1) is 0 Å². The van der Waals surface area contributed by atoms with Crippen molar-refractivity contribution in [1.29, 1.82) is 0 Å². The zero-order chi connectivity index (χ0) is 17.5. The Morgan fingerprint density at radius 1 is 1.21 bits per heavy atom. The third kappa shape index (κ3) is 4.97. The molecule has 0 aliphatic rings. The van der Waals surface area contributed by atoms with Crippen molar-refractivity contribution >= 4 is 39.7 Å². The molecule has 0 saturated heterocycles. The van der Waals surface area contributed by atoms with Crippen LogP contribution in [0.3, 0.4) is 0 Å². The lowest BCUT2D eigenvalue weighted by molar-refractivity contribution is -0.120. The molecule has 5 nitrogen and oxygen atoms in total. The van der Waals surface area contributed by atoms with E-state index in [1.165, 1.54) is 20.4 Å². The maximum Gasteiger partial charge on any atom is 0.244 e. The number of ether oxygens (including phenoxy) is 2. The number of hydrogen-bond acceptors (Lipinski definition) is 4. The number of carbonyl (C=O) groups is 1. The molecule has 0 saturated carbocycles. The summed E-state index contributed by atoms with van der Waals surface area (Å²) >= 11 is 9.44. The molecule has 2 aromatic carbocycles. The molecule has 2 rings (SSSR count). The van der Waals surface area contributed by atoms with Gasteiger partial charge in [0.1, 0.15) is 11.5 Å². The predicted octanol–water partition coefficient (Wildman–Crippen LogP) is 3.81. The minimum atomic E-state index is -0.216. The van der Waals surface area contributed by atoms with Gasteiger partial charge in [-0.2, -0.15) is 5.10 Å².